The number of nitrogens with one attached hydrogen (secondary N) is 2. The fraction of sp³-hybridized carbons (Fsp3) is 0.364. The van der Waals surface area contributed by atoms with Crippen molar-refractivity contribution in [1.82, 2.24) is 30.3 Å². The number of para-hydroxylation sites is 1. The van der Waals surface area contributed by atoms with Crippen LogP contribution in [0.3, 0.4) is 0 Å². The molecule has 0 radical (unpaired) electrons. The van der Waals surface area contributed by atoms with Crippen molar-refractivity contribution in [2.45, 2.75) is 30.8 Å². The maximum absolute atomic E-state index is 12.5. The van der Waals surface area contributed by atoms with Gasteiger partial charge in [-0.1, -0.05) is 18.2 Å². The van der Waals surface area contributed by atoms with Gasteiger partial charge in [0, 0.05) is 54.4 Å². The Bertz CT molecular complexity index is 1180. The van der Waals surface area contributed by atoms with Crippen molar-refractivity contribution in [3.8, 4) is 11.3 Å². The Balaban J connectivity index is 1.20. The lowest BCUT2D eigenvalue weighted by atomic mass is 9.76. The van der Waals surface area contributed by atoms with E-state index >= 15 is 0 Å². The molecule has 3 aliphatic rings. The van der Waals surface area contributed by atoms with E-state index in [0.29, 0.717) is 26.1 Å². The summed E-state index contributed by atoms with van der Waals surface area (Å²) in [4.78, 5) is 30.6. The number of aromatic nitrogens is 3. The van der Waals surface area contributed by atoms with E-state index in [1.165, 1.54) is 5.69 Å². The van der Waals surface area contributed by atoms with Gasteiger partial charge in [0.2, 0.25) is 5.91 Å². The van der Waals surface area contributed by atoms with Crippen LogP contribution in [0.5, 0.6) is 0 Å². The maximum atomic E-state index is 12.5. The molecule has 2 fully saturated rings. The molecule has 3 amide bonds. The predicted octanol–water partition coefficient (Wildman–Crippen LogP) is 1.65. The second kappa shape index (κ2) is 6.29. The number of hydrogen-bond acceptors (Lipinski definition) is 4. The molecule has 1 atom stereocenters. The number of pyridine rings is 1. The Hall–Kier alpha value is -3.42. The topological polar surface area (TPSA) is 92.2 Å². The smallest absolute Gasteiger partial charge is 0.318 e. The first-order valence-electron chi connectivity index (χ1n) is 10.4. The minimum absolute atomic E-state index is 0.0369. The highest BCUT2D eigenvalue weighted by molar-refractivity contribution is 5.89. The van der Waals surface area contributed by atoms with Crippen LogP contribution in [0, 0.1) is 0 Å². The molecule has 1 spiro atoms. The molecule has 0 aliphatic carbocycles. The van der Waals surface area contributed by atoms with Gasteiger partial charge in [-0.25, -0.2) is 4.79 Å². The van der Waals surface area contributed by atoms with E-state index in [1.54, 1.807) is 4.90 Å². The SMILES string of the molecule is O=C1NCCC1NC(=O)N1CC2(CCn3nc(-c4cnc5ccccc5c4)cc32)C1. The summed E-state index contributed by atoms with van der Waals surface area (Å²) in [6.07, 6.45) is 3.51. The summed E-state index contributed by atoms with van der Waals surface area (Å²) in [6.45, 7) is 2.80. The Morgan fingerprint density at radius 2 is 2.10 bits per heavy atom. The van der Waals surface area contributed by atoms with E-state index in [0.717, 1.165) is 35.1 Å². The molecule has 1 aromatic carbocycles. The number of aryl methyl sites for hydroxylation is 1. The Labute approximate surface area is 173 Å². The number of rotatable bonds is 2. The Kier molecular flexibility index (Phi) is 3.65. The average Bonchev–Trinajstić information content (AvgIpc) is 3.42. The number of hydrogen-bond donors (Lipinski definition) is 2. The highest BCUT2D eigenvalue weighted by Gasteiger charge is 2.51. The fourth-order valence-electron chi connectivity index (χ4n) is 4.93. The second-order valence-electron chi connectivity index (χ2n) is 8.52. The van der Waals surface area contributed by atoms with Crippen molar-refractivity contribution in [3.05, 3.63) is 48.3 Å². The zero-order valence-electron chi connectivity index (χ0n) is 16.5. The second-order valence-corrected chi connectivity index (χ2v) is 8.52. The molecule has 3 aromatic rings. The zero-order valence-corrected chi connectivity index (χ0v) is 16.5. The van der Waals surface area contributed by atoms with Crippen molar-refractivity contribution in [3.63, 3.8) is 0 Å². The van der Waals surface area contributed by atoms with Crippen molar-refractivity contribution >= 4 is 22.8 Å². The van der Waals surface area contributed by atoms with Gasteiger partial charge in [-0.3, -0.25) is 14.5 Å². The molecule has 2 aromatic heterocycles. The number of fused-ring (bicyclic) bond motifs is 3. The van der Waals surface area contributed by atoms with Crippen LogP contribution >= 0.6 is 0 Å². The quantitative estimate of drug-likeness (QED) is 0.682. The molecular formula is C22H22N6O2. The first-order chi connectivity index (χ1) is 14.6. The molecule has 0 bridgehead atoms. The van der Waals surface area contributed by atoms with Crippen LogP contribution in [0.4, 0.5) is 4.79 Å². The molecule has 2 N–H and O–H groups in total. The maximum Gasteiger partial charge on any atom is 0.318 e. The summed E-state index contributed by atoms with van der Waals surface area (Å²) >= 11 is 0. The highest BCUT2D eigenvalue weighted by Crippen LogP contribution is 2.43. The van der Waals surface area contributed by atoms with Crippen LogP contribution in [0.15, 0.2) is 42.6 Å². The third kappa shape index (κ3) is 2.59. The predicted molar refractivity (Wildman–Crippen MR) is 111 cm³/mol. The lowest BCUT2D eigenvalue weighted by Crippen LogP contribution is -2.63. The summed E-state index contributed by atoms with van der Waals surface area (Å²) in [6, 6.07) is 11.8. The number of carbonyl (C=O) groups is 2. The summed E-state index contributed by atoms with van der Waals surface area (Å²) in [5.74, 6) is -0.0915. The van der Waals surface area contributed by atoms with E-state index in [2.05, 4.69) is 38.5 Å². The molecule has 5 heterocycles. The molecule has 6 rings (SSSR count). The highest BCUT2D eigenvalue weighted by atomic mass is 16.2. The first kappa shape index (κ1) is 17.4. The third-order valence-corrected chi connectivity index (χ3v) is 6.63. The van der Waals surface area contributed by atoms with E-state index in [9.17, 15) is 9.59 Å². The summed E-state index contributed by atoms with van der Waals surface area (Å²) < 4.78 is 2.07. The van der Waals surface area contributed by atoms with Crippen LogP contribution in [-0.4, -0.2) is 57.3 Å². The van der Waals surface area contributed by atoms with Crippen LogP contribution in [0.2, 0.25) is 0 Å². The summed E-state index contributed by atoms with van der Waals surface area (Å²) in [5, 5.41) is 11.5. The van der Waals surface area contributed by atoms with Gasteiger partial charge in [0.1, 0.15) is 6.04 Å². The van der Waals surface area contributed by atoms with Crippen molar-refractivity contribution in [2.75, 3.05) is 19.6 Å². The standard InChI is InChI=1S/C22H22N6O2/c29-20-17(5-7-23-20)25-21(30)27-12-22(13-27)6-8-28-19(22)10-18(26-28)15-9-14-3-1-2-4-16(14)24-11-15/h1-4,9-11,17H,5-8,12-13H2,(H,23,29)(H,25,30). The summed E-state index contributed by atoms with van der Waals surface area (Å²) in [5.41, 5.74) is 4.05. The van der Waals surface area contributed by atoms with Gasteiger partial charge in [0.25, 0.3) is 0 Å². The Morgan fingerprint density at radius 3 is 2.93 bits per heavy atom. The van der Waals surface area contributed by atoms with Crippen LogP contribution in [-0.2, 0) is 16.8 Å². The fourth-order valence-corrected chi connectivity index (χ4v) is 4.93. The minimum Gasteiger partial charge on any atom is -0.354 e. The molecule has 8 nitrogen and oxygen atoms in total. The number of benzene rings is 1. The molecule has 2 saturated heterocycles. The number of nitrogens with zero attached hydrogens (tertiary/aromatic N) is 4. The average molecular weight is 402 g/mol. The van der Waals surface area contributed by atoms with Crippen LogP contribution in [0.1, 0.15) is 18.5 Å². The van der Waals surface area contributed by atoms with Gasteiger partial charge in [-0.15, -0.1) is 0 Å². The molecule has 30 heavy (non-hydrogen) atoms. The monoisotopic (exact) mass is 402 g/mol. The minimum atomic E-state index is -0.407. The van der Waals surface area contributed by atoms with Crippen LogP contribution < -0.4 is 10.6 Å². The van der Waals surface area contributed by atoms with Crippen molar-refractivity contribution in [2.24, 2.45) is 0 Å². The molecule has 3 aliphatic heterocycles. The molecule has 0 saturated carbocycles. The van der Waals surface area contributed by atoms with Crippen molar-refractivity contribution in [1.29, 1.82) is 0 Å². The van der Waals surface area contributed by atoms with Gasteiger partial charge >= 0.3 is 6.03 Å². The van der Waals surface area contributed by atoms with Gasteiger partial charge in [0.05, 0.1) is 11.2 Å². The number of urea groups is 1. The van der Waals surface area contributed by atoms with E-state index in [4.69, 9.17) is 5.10 Å². The van der Waals surface area contributed by atoms with E-state index in [1.807, 2.05) is 24.4 Å². The summed E-state index contributed by atoms with van der Waals surface area (Å²) in [7, 11) is 0. The molecule has 8 heteroatoms. The zero-order chi connectivity index (χ0) is 20.3. The van der Waals surface area contributed by atoms with Crippen LogP contribution in [0.25, 0.3) is 22.2 Å². The first-order valence-corrected chi connectivity index (χ1v) is 10.4. The van der Waals surface area contributed by atoms with Gasteiger partial charge < -0.3 is 15.5 Å². The normalized spacial score (nSPS) is 21.5. The number of likely N-dealkylation sites (tertiary alicyclic amines) is 1. The van der Waals surface area contributed by atoms with Crippen molar-refractivity contribution < 1.29 is 9.59 Å². The molecule has 1 unspecified atom stereocenters. The Morgan fingerprint density at radius 1 is 1.23 bits per heavy atom. The number of carbonyl (C=O) groups excluding carboxylic acids is 2. The van der Waals surface area contributed by atoms with E-state index < -0.39 is 6.04 Å². The lowest BCUT2D eigenvalue weighted by Gasteiger charge is -2.47. The van der Waals surface area contributed by atoms with E-state index in [-0.39, 0.29) is 17.4 Å². The number of amides is 3. The molecular weight excluding hydrogens is 380 g/mol. The largest absolute Gasteiger partial charge is 0.354 e. The van der Waals surface area contributed by atoms with Gasteiger partial charge in [-0.2, -0.15) is 5.10 Å². The third-order valence-electron chi connectivity index (χ3n) is 6.63. The van der Waals surface area contributed by atoms with Gasteiger partial charge in [0.15, 0.2) is 0 Å². The lowest BCUT2D eigenvalue weighted by molar-refractivity contribution is -0.120. The van der Waals surface area contributed by atoms with Gasteiger partial charge in [-0.05, 0) is 31.0 Å². The molecule has 152 valence electrons.